The number of anilines is 3. The number of ether oxygens (including phenoxy) is 1. The van der Waals surface area contributed by atoms with Crippen molar-refractivity contribution >= 4 is 40.0 Å². The van der Waals surface area contributed by atoms with Gasteiger partial charge in [0.05, 0.1) is 30.1 Å². The second-order valence-corrected chi connectivity index (χ2v) is 9.58. The van der Waals surface area contributed by atoms with E-state index < -0.39 is 5.91 Å². The molecule has 2 aromatic heterocycles. The van der Waals surface area contributed by atoms with Crippen molar-refractivity contribution in [3.8, 4) is 11.4 Å². The van der Waals surface area contributed by atoms with Gasteiger partial charge in [-0.3, -0.25) is 9.59 Å². The molecule has 3 N–H and O–H groups in total. The molecule has 41 heavy (non-hydrogen) atoms. The van der Waals surface area contributed by atoms with Gasteiger partial charge in [-0.25, -0.2) is 14.6 Å². The maximum Gasteiger partial charge on any atom is 0.255 e. The van der Waals surface area contributed by atoms with Crippen LogP contribution in [-0.2, 0) is 0 Å². The summed E-state index contributed by atoms with van der Waals surface area (Å²) in [6.07, 6.45) is 3.40. The molecule has 0 bridgehead atoms. The molecule has 1 saturated heterocycles. The molecule has 1 aliphatic heterocycles. The average molecular weight is 549 g/mol. The zero-order chi connectivity index (χ0) is 28.3. The van der Waals surface area contributed by atoms with E-state index in [4.69, 9.17) is 10.5 Å². The maximum absolute atomic E-state index is 13.0. The molecule has 11 nitrogen and oxygen atoms in total. The average Bonchev–Trinajstić information content (AvgIpc) is 3.46. The molecule has 6 rings (SSSR count). The van der Waals surface area contributed by atoms with Crippen LogP contribution < -0.4 is 25.6 Å². The van der Waals surface area contributed by atoms with Gasteiger partial charge in [0, 0.05) is 43.0 Å². The molecule has 0 atom stereocenters. The minimum Gasteiger partial charge on any atom is -0.495 e. The molecule has 2 amide bonds. The third kappa shape index (κ3) is 5.12. The van der Waals surface area contributed by atoms with E-state index in [9.17, 15) is 9.59 Å². The number of methoxy groups -OCH3 is 1. The number of fused-ring (bicyclic) bond motifs is 1. The molecular formula is C30H28N8O3. The van der Waals surface area contributed by atoms with Crippen molar-refractivity contribution in [1.29, 1.82) is 0 Å². The highest BCUT2D eigenvalue weighted by Crippen LogP contribution is 2.32. The minimum absolute atomic E-state index is 0.266. The van der Waals surface area contributed by atoms with Crippen LogP contribution >= 0.6 is 0 Å². The van der Waals surface area contributed by atoms with Gasteiger partial charge in [0.2, 0.25) is 5.91 Å². The fourth-order valence-corrected chi connectivity index (χ4v) is 5.00. The zero-order valence-corrected chi connectivity index (χ0v) is 22.4. The second kappa shape index (κ2) is 11.0. The van der Waals surface area contributed by atoms with Crippen molar-refractivity contribution in [3.63, 3.8) is 0 Å². The van der Waals surface area contributed by atoms with E-state index in [0.717, 1.165) is 28.2 Å². The van der Waals surface area contributed by atoms with E-state index >= 15 is 0 Å². The number of carbonyl (C=O) groups is 2. The molecule has 206 valence electrons. The van der Waals surface area contributed by atoms with Crippen LogP contribution in [0.25, 0.3) is 16.7 Å². The zero-order valence-electron chi connectivity index (χ0n) is 22.4. The Balaban J connectivity index is 1.18. The maximum atomic E-state index is 13.0. The summed E-state index contributed by atoms with van der Waals surface area (Å²) in [5.74, 6) is 0.751. The Morgan fingerprint density at radius 1 is 0.878 bits per heavy atom. The number of nitrogens with two attached hydrogens (primary N) is 1. The first-order valence-corrected chi connectivity index (χ1v) is 13.1. The summed E-state index contributed by atoms with van der Waals surface area (Å²) in [4.78, 5) is 37.9. The molecule has 3 heterocycles. The lowest BCUT2D eigenvalue weighted by atomic mass is 10.1. The molecule has 0 saturated carbocycles. The highest BCUT2D eigenvalue weighted by Gasteiger charge is 2.24. The highest BCUT2D eigenvalue weighted by atomic mass is 16.5. The Morgan fingerprint density at radius 3 is 2.29 bits per heavy atom. The molecule has 3 aromatic carbocycles. The molecule has 0 spiro atoms. The standard InChI is InChI=1S/C30H28N8O3/c1-41-26-12-9-21(30(40)35-22-10-7-20(8-11-22)27(31)39)17-25(26)36-13-15-37(16-14-36)28-24-18-34-38(29(24)33-19-32-28)23-5-3-2-4-6-23/h2-12,17-19H,13-16H2,1H3,(H2,31,39)(H,35,40). The number of primary amides is 1. The van der Waals surface area contributed by atoms with Crippen LogP contribution in [0.1, 0.15) is 20.7 Å². The van der Waals surface area contributed by atoms with Crippen LogP contribution in [0.2, 0.25) is 0 Å². The van der Waals surface area contributed by atoms with E-state index in [-0.39, 0.29) is 5.91 Å². The van der Waals surface area contributed by atoms with Gasteiger partial charge >= 0.3 is 0 Å². The summed E-state index contributed by atoms with van der Waals surface area (Å²) in [6.45, 7) is 2.84. The number of hydrogen-bond acceptors (Lipinski definition) is 8. The normalized spacial score (nSPS) is 13.3. The Kier molecular flexibility index (Phi) is 6.90. The number of para-hydroxylation sites is 1. The molecular weight excluding hydrogens is 520 g/mol. The van der Waals surface area contributed by atoms with E-state index in [0.29, 0.717) is 48.7 Å². The van der Waals surface area contributed by atoms with Crippen molar-refractivity contribution in [3.05, 3.63) is 96.4 Å². The van der Waals surface area contributed by atoms with Crippen molar-refractivity contribution in [2.75, 3.05) is 48.4 Å². The second-order valence-electron chi connectivity index (χ2n) is 9.58. The molecule has 5 aromatic rings. The summed E-state index contributed by atoms with van der Waals surface area (Å²) in [6, 6.07) is 21.7. The van der Waals surface area contributed by atoms with Crippen molar-refractivity contribution < 1.29 is 14.3 Å². The third-order valence-corrected chi connectivity index (χ3v) is 7.13. The summed E-state index contributed by atoms with van der Waals surface area (Å²) < 4.78 is 7.46. The number of carbonyl (C=O) groups excluding carboxylic acids is 2. The summed E-state index contributed by atoms with van der Waals surface area (Å²) in [5.41, 5.74) is 9.28. The molecule has 0 unspecified atom stereocenters. The monoisotopic (exact) mass is 548 g/mol. The minimum atomic E-state index is -0.519. The van der Waals surface area contributed by atoms with Crippen LogP contribution in [0, 0.1) is 0 Å². The predicted octanol–water partition coefficient (Wildman–Crippen LogP) is 3.50. The molecule has 11 heteroatoms. The van der Waals surface area contributed by atoms with Gasteiger partial charge in [-0.1, -0.05) is 18.2 Å². The van der Waals surface area contributed by atoms with Crippen molar-refractivity contribution in [2.45, 2.75) is 0 Å². The van der Waals surface area contributed by atoms with Crippen molar-refractivity contribution in [2.24, 2.45) is 5.73 Å². The Labute approximate surface area is 236 Å². The quantitative estimate of drug-likeness (QED) is 0.316. The molecule has 0 radical (unpaired) electrons. The molecule has 0 aliphatic carbocycles. The lowest BCUT2D eigenvalue weighted by molar-refractivity contribution is 0.0998. The van der Waals surface area contributed by atoms with Crippen LogP contribution in [0.4, 0.5) is 17.2 Å². The van der Waals surface area contributed by atoms with E-state index in [1.165, 1.54) is 0 Å². The number of nitrogens with zero attached hydrogens (tertiary/aromatic N) is 6. The molecule has 1 aliphatic rings. The third-order valence-electron chi connectivity index (χ3n) is 7.13. The van der Waals surface area contributed by atoms with Crippen LogP contribution in [0.3, 0.4) is 0 Å². The van der Waals surface area contributed by atoms with Crippen LogP contribution in [0.15, 0.2) is 85.3 Å². The number of nitrogens with one attached hydrogen (secondary N) is 1. The topological polar surface area (TPSA) is 131 Å². The smallest absolute Gasteiger partial charge is 0.255 e. The number of rotatable bonds is 7. The number of hydrogen-bond donors (Lipinski definition) is 2. The number of aromatic nitrogens is 4. The first kappa shape index (κ1) is 25.8. The van der Waals surface area contributed by atoms with Crippen molar-refractivity contribution in [1.82, 2.24) is 19.7 Å². The van der Waals surface area contributed by atoms with Crippen LogP contribution in [-0.4, -0.2) is 64.9 Å². The predicted molar refractivity (Wildman–Crippen MR) is 157 cm³/mol. The number of piperazine rings is 1. The number of benzene rings is 3. The van der Waals surface area contributed by atoms with Gasteiger partial charge in [-0.15, -0.1) is 0 Å². The first-order valence-electron chi connectivity index (χ1n) is 13.1. The Hall–Kier alpha value is -5.45. The first-order chi connectivity index (χ1) is 20.0. The highest BCUT2D eigenvalue weighted by molar-refractivity contribution is 6.05. The number of amides is 2. The lowest BCUT2D eigenvalue weighted by Gasteiger charge is -2.37. The lowest BCUT2D eigenvalue weighted by Crippen LogP contribution is -2.47. The van der Waals surface area contributed by atoms with E-state index in [1.54, 1.807) is 49.8 Å². The fourth-order valence-electron chi connectivity index (χ4n) is 5.00. The fraction of sp³-hybridized carbons (Fsp3) is 0.167. The van der Waals surface area contributed by atoms with Gasteiger partial charge in [0.1, 0.15) is 17.9 Å². The van der Waals surface area contributed by atoms with E-state index in [2.05, 4.69) is 30.2 Å². The van der Waals surface area contributed by atoms with E-state index in [1.807, 2.05) is 47.3 Å². The summed E-state index contributed by atoms with van der Waals surface area (Å²) in [5, 5.41) is 8.34. The summed E-state index contributed by atoms with van der Waals surface area (Å²) >= 11 is 0. The SMILES string of the molecule is COc1ccc(C(=O)Nc2ccc(C(N)=O)cc2)cc1N1CCN(c2ncnc3c2cnn3-c2ccccc2)CC1. The van der Waals surface area contributed by atoms with Gasteiger partial charge in [0.25, 0.3) is 5.91 Å². The van der Waals surface area contributed by atoms with Gasteiger partial charge in [-0.05, 0) is 54.6 Å². The Morgan fingerprint density at radius 2 is 1.59 bits per heavy atom. The largest absolute Gasteiger partial charge is 0.495 e. The summed E-state index contributed by atoms with van der Waals surface area (Å²) in [7, 11) is 1.62. The van der Waals surface area contributed by atoms with Gasteiger partial charge < -0.3 is 25.6 Å². The Bertz CT molecular complexity index is 1710. The van der Waals surface area contributed by atoms with Gasteiger partial charge in [-0.2, -0.15) is 5.10 Å². The molecule has 1 fully saturated rings. The van der Waals surface area contributed by atoms with Crippen LogP contribution in [0.5, 0.6) is 5.75 Å². The van der Waals surface area contributed by atoms with Gasteiger partial charge in [0.15, 0.2) is 5.65 Å².